The maximum Gasteiger partial charge on any atom is 0.230 e. The van der Waals surface area contributed by atoms with Gasteiger partial charge in [-0.3, -0.25) is 9.69 Å². The standard InChI is InChI=1S/C21H22N2O4S2/c1-14-6-5-7-20(15(14)2)23(16(3)24)21-22-17(13-28-21)12-27-18-8-10-19(11-9-18)29(4,25)26/h5-11,13H,12H2,1-4H3. The molecule has 0 atom stereocenters. The Bertz CT molecular complexity index is 1140. The minimum absolute atomic E-state index is 0.114. The second-order valence-electron chi connectivity index (χ2n) is 6.73. The van der Waals surface area contributed by atoms with E-state index in [-0.39, 0.29) is 17.4 Å². The summed E-state index contributed by atoms with van der Waals surface area (Å²) in [5, 5.41) is 2.43. The Labute approximate surface area is 174 Å². The third-order valence-corrected chi connectivity index (χ3v) is 6.50. The van der Waals surface area contributed by atoms with Crippen molar-refractivity contribution in [2.75, 3.05) is 11.2 Å². The van der Waals surface area contributed by atoms with E-state index in [1.165, 1.54) is 30.4 Å². The lowest BCUT2D eigenvalue weighted by Crippen LogP contribution is -2.23. The van der Waals surface area contributed by atoms with E-state index in [2.05, 4.69) is 4.98 Å². The van der Waals surface area contributed by atoms with Crippen LogP contribution in [0.1, 0.15) is 23.7 Å². The van der Waals surface area contributed by atoms with Crippen molar-refractivity contribution in [3.63, 3.8) is 0 Å². The van der Waals surface area contributed by atoms with Crippen molar-refractivity contribution in [1.29, 1.82) is 0 Å². The first-order valence-corrected chi connectivity index (χ1v) is 11.7. The van der Waals surface area contributed by atoms with Crippen LogP contribution in [0.15, 0.2) is 52.7 Å². The Balaban J connectivity index is 1.77. The lowest BCUT2D eigenvalue weighted by atomic mass is 10.1. The lowest BCUT2D eigenvalue weighted by molar-refractivity contribution is -0.115. The minimum atomic E-state index is -3.24. The number of sulfone groups is 1. The van der Waals surface area contributed by atoms with Crippen LogP contribution >= 0.6 is 11.3 Å². The van der Waals surface area contributed by atoms with Gasteiger partial charge in [0, 0.05) is 18.6 Å². The van der Waals surface area contributed by atoms with E-state index in [1.807, 2.05) is 37.4 Å². The topological polar surface area (TPSA) is 76.6 Å². The molecule has 0 aliphatic carbocycles. The predicted molar refractivity (Wildman–Crippen MR) is 115 cm³/mol. The number of hydrogen-bond donors (Lipinski definition) is 0. The summed E-state index contributed by atoms with van der Waals surface area (Å²) in [7, 11) is -3.24. The van der Waals surface area contributed by atoms with Gasteiger partial charge in [-0.15, -0.1) is 11.3 Å². The summed E-state index contributed by atoms with van der Waals surface area (Å²) >= 11 is 1.37. The summed E-state index contributed by atoms with van der Waals surface area (Å²) in [6, 6.07) is 12.1. The first kappa shape index (κ1) is 21.0. The molecule has 152 valence electrons. The van der Waals surface area contributed by atoms with Gasteiger partial charge in [-0.25, -0.2) is 13.4 Å². The fourth-order valence-electron chi connectivity index (χ4n) is 2.79. The number of aryl methyl sites for hydroxylation is 1. The van der Waals surface area contributed by atoms with Crippen molar-refractivity contribution in [3.05, 3.63) is 64.7 Å². The number of hydrogen-bond acceptors (Lipinski definition) is 6. The van der Waals surface area contributed by atoms with Crippen LogP contribution in [0.3, 0.4) is 0 Å². The van der Waals surface area contributed by atoms with Gasteiger partial charge in [-0.2, -0.15) is 0 Å². The first-order valence-electron chi connectivity index (χ1n) is 8.91. The van der Waals surface area contributed by atoms with Crippen LogP contribution in [0.4, 0.5) is 10.8 Å². The van der Waals surface area contributed by atoms with E-state index in [0.29, 0.717) is 16.6 Å². The monoisotopic (exact) mass is 430 g/mol. The fourth-order valence-corrected chi connectivity index (χ4v) is 4.29. The number of carbonyl (C=O) groups excluding carboxylic acids is 1. The van der Waals surface area contributed by atoms with Gasteiger partial charge >= 0.3 is 0 Å². The molecule has 0 saturated heterocycles. The molecule has 0 saturated carbocycles. The number of anilines is 2. The van der Waals surface area contributed by atoms with Gasteiger partial charge in [0.2, 0.25) is 5.91 Å². The van der Waals surface area contributed by atoms with Crippen molar-refractivity contribution < 1.29 is 17.9 Å². The van der Waals surface area contributed by atoms with Crippen molar-refractivity contribution in [3.8, 4) is 5.75 Å². The maximum atomic E-state index is 12.3. The molecule has 0 fully saturated rings. The molecule has 0 spiro atoms. The number of nitrogens with zero attached hydrogens (tertiary/aromatic N) is 2. The molecule has 3 aromatic rings. The van der Waals surface area contributed by atoms with E-state index in [0.717, 1.165) is 23.1 Å². The van der Waals surface area contributed by atoms with Gasteiger partial charge in [0.05, 0.1) is 16.3 Å². The van der Waals surface area contributed by atoms with Crippen LogP contribution in [0, 0.1) is 13.8 Å². The summed E-state index contributed by atoms with van der Waals surface area (Å²) in [4.78, 5) is 18.7. The molecule has 2 aromatic carbocycles. The molecule has 0 aliphatic rings. The van der Waals surface area contributed by atoms with Gasteiger partial charge in [0.15, 0.2) is 15.0 Å². The molecule has 0 N–H and O–H groups in total. The highest BCUT2D eigenvalue weighted by Gasteiger charge is 2.20. The van der Waals surface area contributed by atoms with Crippen LogP contribution in [-0.4, -0.2) is 25.6 Å². The fraction of sp³-hybridized carbons (Fsp3) is 0.238. The van der Waals surface area contributed by atoms with Crippen LogP contribution in [0.5, 0.6) is 5.75 Å². The summed E-state index contributed by atoms with van der Waals surface area (Å²) < 4.78 is 28.8. The third kappa shape index (κ3) is 4.83. The Kier molecular flexibility index (Phi) is 6.04. The number of ether oxygens (including phenoxy) is 1. The van der Waals surface area contributed by atoms with Crippen LogP contribution < -0.4 is 9.64 Å². The highest BCUT2D eigenvalue weighted by Crippen LogP contribution is 2.32. The molecule has 8 heteroatoms. The molecule has 3 rings (SSSR count). The van der Waals surface area contributed by atoms with Crippen LogP contribution in [0.25, 0.3) is 0 Å². The highest BCUT2D eigenvalue weighted by molar-refractivity contribution is 7.90. The zero-order chi connectivity index (χ0) is 21.2. The maximum absolute atomic E-state index is 12.3. The van der Waals surface area contributed by atoms with Crippen molar-refractivity contribution in [2.24, 2.45) is 0 Å². The van der Waals surface area contributed by atoms with E-state index in [4.69, 9.17) is 4.74 Å². The predicted octanol–water partition coefficient (Wildman–Crippen LogP) is 4.43. The second kappa shape index (κ2) is 8.34. The molecule has 0 aliphatic heterocycles. The molecule has 0 radical (unpaired) electrons. The molecule has 6 nitrogen and oxygen atoms in total. The van der Waals surface area contributed by atoms with Crippen LogP contribution in [0.2, 0.25) is 0 Å². The van der Waals surface area contributed by atoms with Gasteiger partial charge in [0.1, 0.15) is 12.4 Å². The Morgan fingerprint density at radius 2 is 1.83 bits per heavy atom. The molecule has 1 heterocycles. The average Bonchev–Trinajstić information content (AvgIpc) is 3.11. The van der Waals surface area contributed by atoms with E-state index < -0.39 is 9.84 Å². The minimum Gasteiger partial charge on any atom is -0.487 e. The van der Waals surface area contributed by atoms with Gasteiger partial charge in [-0.1, -0.05) is 12.1 Å². The van der Waals surface area contributed by atoms with Gasteiger partial charge in [0.25, 0.3) is 0 Å². The van der Waals surface area contributed by atoms with Gasteiger partial charge < -0.3 is 4.74 Å². The number of amides is 1. The molecule has 1 aromatic heterocycles. The highest BCUT2D eigenvalue weighted by atomic mass is 32.2. The molecule has 29 heavy (non-hydrogen) atoms. The molecular weight excluding hydrogens is 408 g/mol. The zero-order valence-corrected chi connectivity index (χ0v) is 18.3. The van der Waals surface area contributed by atoms with Crippen molar-refractivity contribution >= 4 is 37.9 Å². The average molecular weight is 431 g/mol. The molecule has 0 unspecified atom stereocenters. The molecule has 1 amide bonds. The second-order valence-corrected chi connectivity index (χ2v) is 9.58. The van der Waals surface area contributed by atoms with Gasteiger partial charge in [-0.05, 0) is 55.3 Å². The quantitative estimate of drug-likeness (QED) is 0.578. The third-order valence-electron chi connectivity index (χ3n) is 4.50. The summed E-state index contributed by atoms with van der Waals surface area (Å²) in [5.74, 6) is 0.432. The molecule has 0 bridgehead atoms. The van der Waals surface area contributed by atoms with E-state index >= 15 is 0 Å². The summed E-state index contributed by atoms with van der Waals surface area (Å²) in [6.45, 7) is 5.72. The van der Waals surface area contributed by atoms with Crippen LogP contribution in [-0.2, 0) is 21.2 Å². The number of carbonyl (C=O) groups is 1. The molecular formula is C21H22N2O4S2. The Hall–Kier alpha value is -2.71. The van der Waals surface area contributed by atoms with E-state index in [1.54, 1.807) is 17.0 Å². The number of benzene rings is 2. The zero-order valence-electron chi connectivity index (χ0n) is 16.7. The first-order chi connectivity index (χ1) is 13.7. The van der Waals surface area contributed by atoms with Crippen molar-refractivity contribution in [1.82, 2.24) is 4.98 Å². The Morgan fingerprint density at radius 3 is 2.45 bits per heavy atom. The lowest BCUT2D eigenvalue weighted by Gasteiger charge is -2.21. The Morgan fingerprint density at radius 1 is 1.14 bits per heavy atom. The smallest absolute Gasteiger partial charge is 0.230 e. The normalized spacial score (nSPS) is 11.3. The van der Waals surface area contributed by atoms with E-state index in [9.17, 15) is 13.2 Å². The largest absolute Gasteiger partial charge is 0.487 e. The number of aromatic nitrogens is 1. The SMILES string of the molecule is CC(=O)N(c1nc(COc2ccc(S(C)(=O)=O)cc2)cs1)c1cccc(C)c1C. The van der Waals surface area contributed by atoms with Crippen molar-refractivity contribution in [2.45, 2.75) is 32.3 Å². The number of rotatable bonds is 6. The summed E-state index contributed by atoms with van der Waals surface area (Å²) in [5.41, 5.74) is 3.64. The number of thiazole rings is 1. The summed E-state index contributed by atoms with van der Waals surface area (Å²) in [6.07, 6.45) is 1.16.